The van der Waals surface area contributed by atoms with E-state index in [2.05, 4.69) is 101 Å². The normalized spacial score (nSPS) is 22.3. The van der Waals surface area contributed by atoms with Gasteiger partial charge in [0.25, 0.3) is 0 Å². The van der Waals surface area contributed by atoms with Gasteiger partial charge < -0.3 is 9.05 Å². The highest BCUT2D eigenvalue weighted by Gasteiger charge is 2.40. The van der Waals surface area contributed by atoms with E-state index in [1.807, 2.05) is 0 Å². The largest absolute Gasteiger partial charge is 0.419 e. The molecule has 0 saturated heterocycles. The van der Waals surface area contributed by atoms with Crippen LogP contribution < -0.4 is 4.52 Å². The van der Waals surface area contributed by atoms with Crippen LogP contribution in [0.2, 0.25) is 0 Å². The number of hydrogen-bond donors (Lipinski definition) is 0. The van der Waals surface area contributed by atoms with Gasteiger partial charge in [-0.2, -0.15) is 0 Å². The maximum Gasteiger partial charge on any atom is 0.419 e. The molecule has 0 bridgehead atoms. The van der Waals surface area contributed by atoms with E-state index < -0.39 is 8.25 Å². The SMILES string of the molecule is CC(C)(C)C1=CC(C(C)(C)C)CC2=C1O[PH](=O)Oc1c2cc(C(C)(C)C)cc1C(C)(C)C. The minimum Gasteiger partial charge on any atom is -0.417 e. The Morgan fingerprint density at radius 1 is 0.812 bits per heavy atom. The minimum atomic E-state index is -2.73. The molecule has 0 saturated carbocycles. The van der Waals surface area contributed by atoms with Gasteiger partial charge in [0.1, 0.15) is 11.5 Å². The van der Waals surface area contributed by atoms with Gasteiger partial charge in [0, 0.05) is 16.7 Å². The first-order valence-electron chi connectivity index (χ1n) is 11.8. The van der Waals surface area contributed by atoms with Gasteiger partial charge in [-0.25, -0.2) is 4.57 Å². The maximum atomic E-state index is 13.1. The number of rotatable bonds is 0. The summed E-state index contributed by atoms with van der Waals surface area (Å²) in [7, 11) is -2.73. The van der Waals surface area contributed by atoms with Crippen molar-refractivity contribution >= 4 is 13.8 Å². The van der Waals surface area contributed by atoms with Crippen molar-refractivity contribution in [2.75, 3.05) is 0 Å². The van der Waals surface area contributed by atoms with Crippen LogP contribution in [-0.4, -0.2) is 0 Å². The standard InChI is InChI=1S/C28H43O3P/c1-25(2,3)17-13-19-20-14-18(26(4,5)6)16-22(28(10,11)12)24(20)31-32(29)30-23(19)21(15-17)27(7,8)9/h13,15-16,18,32H,14H2,1-12H3. The molecule has 178 valence electrons. The molecule has 1 heterocycles. The highest BCUT2D eigenvalue weighted by atomic mass is 31.1. The number of allylic oxidation sites excluding steroid dienone is 3. The molecule has 1 aliphatic carbocycles. The molecule has 2 aliphatic rings. The van der Waals surface area contributed by atoms with Crippen LogP contribution in [0.4, 0.5) is 0 Å². The Morgan fingerprint density at radius 2 is 1.41 bits per heavy atom. The number of fused-ring (bicyclic) bond motifs is 2. The summed E-state index contributed by atoms with van der Waals surface area (Å²) >= 11 is 0. The number of benzene rings is 1. The first-order chi connectivity index (χ1) is 14.3. The van der Waals surface area contributed by atoms with Gasteiger partial charge in [-0.1, -0.05) is 95.2 Å². The Labute approximate surface area is 196 Å². The van der Waals surface area contributed by atoms with Crippen LogP contribution in [0.1, 0.15) is 106 Å². The van der Waals surface area contributed by atoms with Crippen LogP contribution in [0.25, 0.3) is 5.57 Å². The monoisotopic (exact) mass is 458 g/mol. The lowest BCUT2D eigenvalue weighted by molar-refractivity contribution is 0.281. The molecule has 2 unspecified atom stereocenters. The summed E-state index contributed by atoms with van der Waals surface area (Å²) in [6.45, 7) is 26.8. The van der Waals surface area contributed by atoms with Crippen LogP contribution in [0.15, 0.2) is 29.5 Å². The molecule has 1 aromatic rings. The molecular formula is C28H43O3P. The van der Waals surface area contributed by atoms with Gasteiger partial charge in [-0.15, -0.1) is 0 Å². The molecule has 1 aliphatic heterocycles. The summed E-state index contributed by atoms with van der Waals surface area (Å²) in [6.07, 6.45) is 3.21. The molecule has 1 aromatic carbocycles. The second-order valence-electron chi connectivity index (χ2n) is 13.7. The summed E-state index contributed by atoms with van der Waals surface area (Å²) in [6, 6.07) is 4.50. The van der Waals surface area contributed by atoms with E-state index in [0.717, 1.165) is 40.2 Å². The fourth-order valence-corrected chi connectivity index (χ4v) is 5.28. The van der Waals surface area contributed by atoms with Crippen LogP contribution in [0, 0.1) is 16.7 Å². The van der Waals surface area contributed by atoms with Gasteiger partial charge in [-0.05, 0) is 51.2 Å². The fourth-order valence-electron chi connectivity index (χ4n) is 4.45. The highest BCUT2D eigenvalue weighted by molar-refractivity contribution is 7.34. The minimum absolute atomic E-state index is 0.0189. The summed E-state index contributed by atoms with van der Waals surface area (Å²) < 4.78 is 25.3. The highest BCUT2D eigenvalue weighted by Crippen LogP contribution is 2.55. The fraction of sp³-hybridized carbons (Fsp3) is 0.643. The van der Waals surface area contributed by atoms with E-state index in [9.17, 15) is 4.57 Å². The van der Waals surface area contributed by atoms with Crippen LogP contribution in [0.3, 0.4) is 0 Å². The third kappa shape index (κ3) is 4.89. The zero-order valence-corrected chi connectivity index (χ0v) is 23.2. The van der Waals surface area contributed by atoms with E-state index in [1.54, 1.807) is 0 Å². The van der Waals surface area contributed by atoms with Gasteiger partial charge in [0.2, 0.25) is 0 Å². The van der Waals surface area contributed by atoms with Crippen LogP contribution in [-0.2, 0) is 19.9 Å². The first kappa shape index (κ1) is 25.2. The molecule has 0 amide bonds. The lowest BCUT2D eigenvalue weighted by atomic mass is 9.68. The second-order valence-corrected chi connectivity index (χ2v) is 14.6. The Bertz CT molecular complexity index is 999. The lowest BCUT2D eigenvalue weighted by Crippen LogP contribution is -2.26. The zero-order chi connectivity index (χ0) is 24.4. The van der Waals surface area contributed by atoms with E-state index in [0.29, 0.717) is 5.92 Å². The van der Waals surface area contributed by atoms with Crippen LogP contribution in [0.5, 0.6) is 5.75 Å². The predicted molar refractivity (Wildman–Crippen MR) is 137 cm³/mol. The molecule has 2 atom stereocenters. The Morgan fingerprint density at radius 3 is 1.88 bits per heavy atom. The van der Waals surface area contributed by atoms with Gasteiger partial charge in [-0.3, -0.25) is 0 Å². The van der Waals surface area contributed by atoms with Crippen molar-refractivity contribution in [1.82, 2.24) is 0 Å². The topological polar surface area (TPSA) is 35.5 Å². The smallest absolute Gasteiger partial charge is 0.417 e. The predicted octanol–water partition coefficient (Wildman–Crippen LogP) is 8.83. The molecule has 32 heavy (non-hydrogen) atoms. The molecule has 0 radical (unpaired) electrons. The molecular weight excluding hydrogens is 415 g/mol. The Balaban J connectivity index is 2.42. The summed E-state index contributed by atoms with van der Waals surface area (Å²) in [5.74, 6) is 1.86. The van der Waals surface area contributed by atoms with E-state index in [4.69, 9.17) is 9.05 Å². The molecule has 0 spiro atoms. The summed E-state index contributed by atoms with van der Waals surface area (Å²) in [5, 5.41) is 0. The summed E-state index contributed by atoms with van der Waals surface area (Å²) in [4.78, 5) is 0. The van der Waals surface area contributed by atoms with Crippen molar-refractivity contribution in [3.63, 3.8) is 0 Å². The van der Waals surface area contributed by atoms with Gasteiger partial charge in [0.05, 0.1) is 0 Å². The van der Waals surface area contributed by atoms with Crippen molar-refractivity contribution in [3.05, 3.63) is 46.2 Å². The Kier molecular flexibility index (Phi) is 6.13. The molecule has 4 heteroatoms. The van der Waals surface area contributed by atoms with Crippen molar-refractivity contribution in [2.45, 2.75) is 100 Å². The van der Waals surface area contributed by atoms with Crippen LogP contribution >= 0.6 is 8.25 Å². The molecule has 0 fully saturated rings. The molecule has 3 rings (SSSR count). The average Bonchev–Trinajstić information content (AvgIpc) is 2.71. The van der Waals surface area contributed by atoms with E-state index in [1.165, 1.54) is 5.56 Å². The zero-order valence-electron chi connectivity index (χ0n) is 22.2. The van der Waals surface area contributed by atoms with Crippen molar-refractivity contribution in [1.29, 1.82) is 0 Å². The molecule has 0 aromatic heterocycles. The quantitative estimate of drug-likeness (QED) is 0.364. The summed E-state index contributed by atoms with van der Waals surface area (Å²) in [5.41, 5.74) is 5.47. The van der Waals surface area contributed by atoms with E-state index >= 15 is 0 Å². The van der Waals surface area contributed by atoms with Gasteiger partial charge in [0.15, 0.2) is 0 Å². The van der Waals surface area contributed by atoms with Crippen molar-refractivity contribution in [2.24, 2.45) is 16.7 Å². The molecule has 0 N–H and O–H groups in total. The van der Waals surface area contributed by atoms with Gasteiger partial charge >= 0.3 is 8.25 Å². The van der Waals surface area contributed by atoms with Crippen molar-refractivity contribution in [3.8, 4) is 5.75 Å². The molecule has 3 nitrogen and oxygen atoms in total. The van der Waals surface area contributed by atoms with Crippen molar-refractivity contribution < 1.29 is 13.6 Å². The first-order valence-corrected chi connectivity index (χ1v) is 13.1. The Hall–Kier alpha value is -1.47. The second kappa shape index (κ2) is 7.79. The third-order valence-corrected chi connectivity index (χ3v) is 7.43. The average molecular weight is 459 g/mol. The van der Waals surface area contributed by atoms with E-state index in [-0.39, 0.29) is 21.7 Å². The maximum absolute atomic E-state index is 13.1. The third-order valence-electron chi connectivity index (χ3n) is 6.69. The lowest BCUT2D eigenvalue weighted by Gasteiger charge is -2.37. The number of hydrogen-bond acceptors (Lipinski definition) is 3.